The summed E-state index contributed by atoms with van der Waals surface area (Å²) in [6, 6.07) is 6.91. The summed E-state index contributed by atoms with van der Waals surface area (Å²) in [7, 11) is 0. The molecule has 7 heteroatoms. The number of carbonyl (C=O) groups excluding carboxylic acids is 2. The molecule has 5 aliphatic carbocycles. The van der Waals surface area contributed by atoms with Crippen LogP contribution in [0.2, 0.25) is 0 Å². The molecule has 0 aromatic heterocycles. The van der Waals surface area contributed by atoms with Crippen LogP contribution in [0.15, 0.2) is 36.0 Å². The lowest BCUT2D eigenvalue weighted by molar-refractivity contribution is -0.389. The van der Waals surface area contributed by atoms with Crippen LogP contribution < -0.4 is 5.43 Å². The van der Waals surface area contributed by atoms with Gasteiger partial charge in [0.05, 0.1) is 11.1 Å². The molecule has 1 atom stereocenters. The molecule has 2 heterocycles. The Balaban J connectivity index is 1.07. The first-order valence-electron chi connectivity index (χ1n) is 11.6. The van der Waals surface area contributed by atoms with Crippen molar-refractivity contribution in [2.75, 3.05) is 0 Å². The molecule has 1 unspecified atom stereocenters. The first-order chi connectivity index (χ1) is 15.1. The van der Waals surface area contributed by atoms with Gasteiger partial charge in [0.25, 0.3) is 11.8 Å². The van der Waals surface area contributed by atoms with Gasteiger partial charge >= 0.3 is 0 Å². The number of hydrogen-bond donors (Lipinski definition) is 1. The molecule has 0 radical (unpaired) electrons. The highest BCUT2D eigenvalue weighted by Gasteiger charge is 2.66. The van der Waals surface area contributed by atoms with E-state index in [0.29, 0.717) is 42.2 Å². The molecule has 4 saturated carbocycles. The van der Waals surface area contributed by atoms with Crippen molar-refractivity contribution in [3.63, 3.8) is 0 Å². The van der Waals surface area contributed by atoms with E-state index in [-0.39, 0.29) is 11.8 Å². The Morgan fingerprint density at radius 1 is 0.903 bits per heavy atom. The zero-order chi connectivity index (χ0) is 20.8. The molecular formula is C24H26N2O5. The smallest absolute Gasteiger partial charge is 0.280 e. The lowest BCUT2D eigenvalue weighted by Gasteiger charge is -2.57. The second kappa shape index (κ2) is 6.18. The summed E-state index contributed by atoms with van der Waals surface area (Å²) in [4.78, 5) is 37.2. The Morgan fingerprint density at radius 3 is 2.13 bits per heavy atom. The van der Waals surface area contributed by atoms with Crippen LogP contribution in [0.25, 0.3) is 0 Å². The summed E-state index contributed by atoms with van der Waals surface area (Å²) < 4.78 is 6.70. The number of allylic oxidation sites excluding steroid dienone is 1. The fraction of sp³-hybridized carbons (Fsp3) is 0.583. The Hall–Kier alpha value is -2.22. The van der Waals surface area contributed by atoms with Crippen LogP contribution in [0, 0.1) is 23.7 Å². The van der Waals surface area contributed by atoms with Crippen LogP contribution in [-0.4, -0.2) is 28.4 Å². The van der Waals surface area contributed by atoms with Crippen LogP contribution in [0.4, 0.5) is 0 Å². The maximum Gasteiger partial charge on any atom is 0.280 e. The molecule has 2 spiro atoms. The Kier molecular flexibility index (Phi) is 3.66. The van der Waals surface area contributed by atoms with Crippen molar-refractivity contribution < 1.29 is 24.1 Å². The van der Waals surface area contributed by atoms with E-state index in [1.165, 1.54) is 32.1 Å². The summed E-state index contributed by atoms with van der Waals surface area (Å²) in [5.41, 5.74) is 4.74. The molecule has 8 rings (SSSR count). The van der Waals surface area contributed by atoms with Gasteiger partial charge in [0.2, 0.25) is 11.6 Å². The molecule has 1 N–H and O–H groups in total. The van der Waals surface area contributed by atoms with E-state index in [1.54, 1.807) is 24.3 Å². The maximum atomic E-state index is 12.6. The van der Waals surface area contributed by atoms with Crippen molar-refractivity contribution in [1.29, 1.82) is 0 Å². The molecule has 2 aliphatic heterocycles. The minimum Gasteiger partial charge on any atom is -0.311 e. The standard InChI is InChI=1S/C24H26N2O5/c27-21-19-3-1-2-4-20(19)22(28)26(21)25-18-5-7-23(8-6-18)29-24(31-30-23)16-10-14-9-15(12-16)13-17(24)11-14/h1-5,14-17,25H,6-13H2. The van der Waals surface area contributed by atoms with E-state index >= 15 is 0 Å². The van der Waals surface area contributed by atoms with Gasteiger partial charge in [-0.15, -0.1) is 0 Å². The lowest BCUT2D eigenvalue weighted by Crippen LogP contribution is -2.59. The number of nitrogens with zero attached hydrogens (tertiary/aromatic N) is 1. The Labute approximate surface area is 180 Å². The number of hydrogen-bond acceptors (Lipinski definition) is 6. The number of hydrazine groups is 1. The third-order valence-electron chi connectivity index (χ3n) is 8.43. The van der Waals surface area contributed by atoms with Gasteiger partial charge in [-0.3, -0.25) is 15.0 Å². The van der Waals surface area contributed by atoms with E-state index in [9.17, 15) is 9.59 Å². The summed E-state index contributed by atoms with van der Waals surface area (Å²) in [6.07, 6.45) is 9.90. The quantitative estimate of drug-likeness (QED) is 0.579. The topological polar surface area (TPSA) is 77.1 Å². The zero-order valence-electron chi connectivity index (χ0n) is 17.3. The number of benzene rings is 1. The number of amides is 2. The van der Waals surface area contributed by atoms with Gasteiger partial charge in [-0.25, -0.2) is 0 Å². The first kappa shape index (κ1) is 18.4. The minimum atomic E-state index is -0.761. The van der Waals surface area contributed by atoms with Crippen molar-refractivity contribution in [3.05, 3.63) is 47.2 Å². The summed E-state index contributed by atoms with van der Waals surface area (Å²) in [5, 5.41) is 1.11. The fourth-order valence-corrected chi connectivity index (χ4v) is 7.12. The SMILES string of the molecule is O=C1c2ccccc2C(=O)N1NC1=CCC2(CC1)OOC1(O2)C2CC3CC(C2)CC1C3. The number of rotatable bonds is 2. The Bertz CT molecular complexity index is 956. The molecular weight excluding hydrogens is 396 g/mol. The van der Waals surface area contributed by atoms with Gasteiger partial charge in [0, 0.05) is 30.4 Å². The van der Waals surface area contributed by atoms with Crippen molar-refractivity contribution in [2.45, 2.75) is 62.9 Å². The third-order valence-corrected chi connectivity index (χ3v) is 8.43. The average Bonchev–Trinajstić information content (AvgIpc) is 3.26. The van der Waals surface area contributed by atoms with Crippen molar-refractivity contribution in [2.24, 2.45) is 23.7 Å². The van der Waals surface area contributed by atoms with E-state index in [0.717, 1.165) is 22.5 Å². The number of carbonyl (C=O) groups is 2. The highest BCUT2D eigenvalue weighted by atomic mass is 17.3. The second-order valence-corrected chi connectivity index (χ2v) is 10.2. The van der Waals surface area contributed by atoms with Crippen molar-refractivity contribution in [1.82, 2.24) is 10.4 Å². The van der Waals surface area contributed by atoms with Crippen LogP contribution in [-0.2, 0) is 14.5 Å². The van der Waals surface area contributed by atoms with Gasteiger partial charge in [-0.2, -0.15) is 14.8 Å². The van der Waals surface area contributed by atoms with Crippen molar-refractivity contribution in [3.8, 4) is 0 Å². The van der Waals surface area contributed by atoms with Gasteiger partial charge in [0.1, 0.15) is 0 Å². The molecule has 1 aromatic rings. The Morgan fingerprint density at radius 2 is 1.55 bits per heavy atom. The van der Waals surface area contributed by atoms with E-state index in [1.807, 2.05) is 6.08 Å². The van der Waals surface area contributed by atoms with Gasteiger partial charge in [-0.05, 0) is 62.5 Å². The molecule has 31 heavy (non-hydrogen) atoms. The fourth-order valence-electron chi connectivity index (χ4n) is 7.12. The van der Waals surface area contributed by atoms with E-state index < -0.39 is 11.6 Å². The summed E-state index contributed by atoms with van der Waals surface area (Å²) >= 11 is 0. The largest absolute Gasteiger partial charge is 0.311 e. The predicted molar refractivity (Wildman–Crippen MR) is 108 cm³/mol. The molecule has 4 bridgehead atoms. The molecule has 162 valence electrons. The van der Waals surface area contributed by atoms with Crippen LogP contribution >= 0.6 is 0 Å². The minimum absolute atomic E-state index is 0.314. The first-order valence-corrected chi connectivity index (χ1v) is 11.6. The molecule has 2 amide bonds. The van der Waals surface area contributed by atoms with Crippen LogP contribution in [0.1, 0.15) is 72.1 Å². The van der Waals surface area contributed by atoms with E-state index in [4.69, 9.17) is 14.5 Å². The average molecular weight is 422 g/mol. The third kappa shape index (κ3) is 2.51. The lowest BCUT2D eigenvalue weighted by atomic mass is 9.53. The molecule has 5 fully saturated rings. The monoisotopic (exact) mass is 422 g/mol. The zero-order valence-corrected chi connectivity index (χ0v) is 17.3. The van der Waals surface area contributed by atoms with Crippen LogP contribution in [0.5, 0.6) is 0 Å². The van der Waals surface area contributed by atoms with E-state index in [2.05, 4.69) is 5.43 Å². The molecule has 7 nitrogen and oxygen atoms in total. The van der Waals surface area contributed by atoms with Gasteiger partial charge in [-0.1, -0.05) is 18.2 Å². The summed E-state index contributed by atoms with van der Waals surface area (Å²) in [5.74, 6) is 0.571. The number of imide groups is 1. The van der Waals surface area contributed by atoms with Gasteiger partial charge < -0.3 is 4.74 Å². The van der Waals surface area contributed by atoms with Gasteiger partial charge in [0.15, 0.2) is 0 Å². The maximum absolute atomic E-state index is 12.6. The molecule has 1 saturated heterocycles. The van der Waals surface area contributed by atoms with Crippen molar-refractivity contribution >= 4 is 11.8 Å². The second-order valence-electron chi connectivity index (χ2n) is 10.2. The van der Waals surface area contributed by atoms with Crippen LogP contribution in [0.3, 0.4) is 0 Å². The normalized spacial score (nSPS) is 42.6. The molecule has 1 aromatic carbocycles. The highest BCUT2D eigenvalue weighted by Crippen LogP contribution is 2.63. The number of ether oxygens (including phenoxy) is 1. The number of fused-ring (bicyclic) bond motifs is 1. The predicted octanol–water partition coefficient (Wildman–Crippen LogP) is 3.68. The highest BCUT2D eigenvalue weighted by molar-refractivity contribution is 6.21. The number of nitrogens with one attached hydrogen (secondary N) is 1. The summed E-state index contributed by atoms with van der Waals surface area (Å²) in [6.45, 7) is 0. The molecule has 7 aliphatic rings.